The number of hydrogen-bond donors (Lipinski definition) is 2. The molecular weight excluding hydrogens is 442 g/mol. The number of fused-ring (bicyclic) bond motifs is 1. The van der Waals surface area contributed by atoms with Crippen LogP contribution in [0.25, 0.3) is 10.9 Å². The molecule has 0 fully saturated rings. The molecule has 2 N–H and O–H groups in total. The van der Waals surface area contributed by atoms with Crippen LogP contribution in [-0.4, -0.2) is 46.1 Å². The lowest BCUT2D eigenvalue weighted by Gasteiger charge is -2.23. The van der Waals surface area contributed by atoms with Crippen molar-refractivity contribution in [3.63, 3.8) is 0 Å². The van der Waals surface area contributed by atoms with Gasteiger partial charge in [0.1, 0.15) is 0 Å². The molecule has 1 aromatic heterocycles. The van der Waals surface area contributed by atoms with Crippen LogP contribution in [0.4, 0.5) is 16.2 Å². The van der Waals surface area contributed by atoms with Crippen LogP contribution in [0.5, 0.6) is 5.88 Å². The Kier molecular flexibility index (Phi) is 7.32. The van der Waals surface area contributed by atoms with Gasteiger partial charge in [-0.15, -0.1) is 10.2 Å². The molecule has 8 heteroatoms. The Morgan fingerprint density at radius 1 is 0.971 bits per heavy atom. The van der Waals surface area contributed by atoms with Crippen LogP contribution in [0.15, 0.2) is 95.2 Å². The first kappa shape index (κ1) is 23.8. The molecule has 0 radical (unpaired) electrons. The van der Waals surface area contributed by atoms with Gasteiger partial charge in [-0.05, 0) is 44.2 Å². The highest BCUT2D eigenvalue weighted by atomic mass is 16.3. The summed E-state index contributed by atoms with van der Waals surface area (Å²) in [5.74, 6) is -0.834. The van der Waals surface area contributed by atoms with Crippen molar-refractivity contribution in [1.29, 1.82) is 0 Å². The van der Waals surface area contributed by atoms with Crippen molar-refractivity contribution >= 4 is 34.2 Å². The number of azo groups is 1. The summed E-state index contributed by atoms with van der Waals surface area (Å²) in [6.45, 7) is 2.12. The van der Waals surface area contributed by atoms with E-state index in [1.165, 1.54) is 5.56 Å². The number of hydrogen-bond acceptors (Lipinski definition) is 5. The highest BCUT2D eigenvalue weighted by molar-refractivity contribution is 6.05. The van der Waals surface area contributed by atoms with Gasteiger partial charge in [-0.1, -0.05) is 66.7 Å². The zero-order valence-corrected chi connectivity index (χ0v) is 19.6. The Morgan fingerprint density at radius 2 is 1.60 bits per heavy atom. The van der Waals surface area contributed by atoms with E-state index in [0.29, 0.717) is 16.6 Å². The van der Waals surface area contributed by atoms with Crippen molar-refractivity contribution in [2.75, 3.05) is 18.9 Å². The number of benzene rings is 3. The van der Waals surface area contributed by atoms with Crippen molar-refractivity contribution in [3.8, 4) is 5.88 Å². The molecule has 4 aromatic rings. The zero-order valence-electron chi connectivity index (χ0n) is 19.6. The number of nitrogens with zero attached hydrogens (tertiary/aromatic N) is 4. The normalized spacial score (nSPS) is 12.3. The van der Waals surface area contributed by atoms with Gasteiger partial charge in [0.05, 0.1) is 12.1 Å². The second-order valence-corrected chi connectivity index (χ2v) is 8.37. The Labute approximate surface area is 203 Å². The Hall–Kier alpha value is -4.30. The number of anilines is 1. The molecule has 4 rings (SSSR count). The average Bonchev–Trinajstić information content (AvgIpc) is 3.15. The molecule has 2 amide bonds. The average molecular weight is 470 g/mol. The monoisotopic (exact) mass is 469 g/mol. The summed E-state index contributed by atoms with van der Waals surface area (Å²) in [5.41, 5.74) is 2.29. The molecule has 0 aliphatic rings. The first-order valence-electron chi connectivity index (χ1n) is 11.3. The summed E-state index contributed by atoms with van der Waals surface area (Å²) in [6.07, 6.45) is 0.798. The van der Waals surface area contributed by atoms with Crippen molar-refractivity contribution in [3.05, 3.63) is 90.5 Å². The van der Waals surface area contributed by atoms with Gasteiger partial charge in [0, 0.05) is 17.1 Å². The molecule has 0 aliphatic carbocycles. The molecule has 1 unspecified atom stereocenters. The molecule has 178 valence electrons. The number of likely N-dealkylation sites (N-methyl/N-ethyl adjacent to an activating group) is 1. The van der Waals surface area contributed by atoms with Crippen LogP contribution in [0, 0.1) is 0 Å². The molecule has 1 heterocycles. The number of aromatic nitrogens is 1. The predicted octanol–water partition coefficient (Wildman–Crippen LogP) is 5.60. The zero-order chi connectivity index (χ0) is 24.8. The lowest BCUT2D eigenvalue weighted by molar-refractivity contribution is -0.119. The lowest BCUT2D eigenvalue weighted by atomic mass is 10.1. The van der Waals surface area contributed by atoms with Crippen molar-refractivity contribution in [1.82, 2.24) is 9.47 Å². The number of carbonyl (C=O) groups excluding carboxylic acids is 2. The maximum absolute atomic E-state index is 12.9. The quantitative estimate of drug-likeness (QED) is 0.344. The first-order valence-corrected chi connectivity index (χ1v) is 11.3. The molecular formula is C27H27N5O3. The van der Waals surface area contributed by atoms with Crippen molar-refractivity contribution in [2.45, 2.75) is 19.4 Å². The lowest BCUT2D eigenvalue weighted by Crippen LogP contribution is -2.34. The predicted molar refractivity (Wildman–Crippen MR) is 136 cm³/mol. The van der Waals surface area contributed by atoms with E-state index < -0.39 is 11.9 Å². The summed E-state index contributed by atoms with van der Waals surface area (Å²) in [7, 11) is 1.86. The second-order valence-electron chi connectivity index (χ2n) is 8.37. The van der Waals surface area contributed by atoms with Gasteiger partial charge in [-0.3, -0.25) is 9.69 Å². The molecule has 0 aliphatic heterocycles. The van der Waals surface area contributed by atoms with E-state index in [9.17, 15) is 14.7 Å². The number of rotatable bonds is 7. The fraction of sp³-hybridized carbons (Fsp3) is 0.185. The third-order valence-electron chi connectivity index (χ3n) is 5.82. The van der Waals surface area contributed by atoms with Gasteiger partial charge in [0.15, 0.2) is 5.69 Å². The Bertz CT molecular complexity index is 1350. The molecule has 0 saturated carbocycles. The fourth-order valence-electron chi connectivity index (χ4n) is 3.83. The Balaban J connectivity index is 1.50. The van der Waals surface area contributed by atoms with Crippen LogP contribution >= 0.6 is 0 Å². The van der Waals surface area contributed by atoms with Crippen LogP contribution in [0.2, 0.25) is 0 Å². The van der Waals surface area contributed by atoms with Crippen LogP contribution in [0.1, 0.15) is 12.5 Å². The van der Waals surface area contributed by atoms with E-state index >= 15 is 0 Å². The van der Waals surface area contributed by atoms with Crippen molar-refractivity contribution < 1.29 is 14.7 Å². The summed E-state index contributed by atoms with van der Waals surface area (Å²) >= 11 is 0. The van der Waals surface area contributed by atoms with E-state index in [-0.39, 0.29) is 24.2 Å². The van der Waals surface area contributed by atoms with Gasteiger partial charge < -0.3 is 10.4 Å². The van der Waals surface area contributed by atoms with Crippen molar-refractivity contribution in [2.24, 2.45) is 10.2 Å². The summed E-state index contributed by atoms with van der Waals surface area (Å²) in [4.78, 5) is 27.4. The molecule has 0 spiro atoms. The minimum absolute atomic E-state index is 0.0668. The molecule has 3 aromatic carbocycles. The number of amides is 2. The first-order chi connectivity index (χ1) is 16.9. The van der Waals surface area contributed by atoms with Crippen LogP contribution in [0.3, 0.4) is 0 Å². The maximum atomic E-state index is 12.9. The third kappa shape index (κ3) is 5.62. The number of aromatic hydroxyl groups is 1. The molecule has 8 nitrogen and oxygen atoms in total. The minimum Gasteiger partial charge on any atom is -0.493 e. The standard InChI is InChI=1S/C27H27N5O3/c1-19(17-20-11-5-3-6-12-20)31(2)18-24(33)29-30-25-22-15-9-10-16-23(22)32(26(25)34)27(35)28-21-13-7-4-8-14-21/h3-16,19,34H,17-18H2,1-2H3,(H,28,35). The van der Waals surface area contributed by atoms with E-state index in [0.717, 1.165) is 11.0 Å². The van der Waals surface area contributed by atoms with Gasteiger partial charge in [0.25, 0.3) is 5.91 Å². The number of nitrogens with one attached hydrogen (secondary N) is 1. The molecule has 0 bridgehead atoms. The highest BCUT2D eigenvalue weighted by Crippen LogP contribution is 2.38. The van der Waals surface area contributed by atoms with Crippen LogP contribution < -0.4 is 5.32 Å². The van der Waals surface area contributed by atoms with E-state index in [1.807, 2.05) is 43.1 Å². The minimum atomic E-state index is -0.549. The highest BCUT2D eigenvalue weighted by Gasteiger charge is 2.22. The molecule has 35 heavy (non-hydrogen) atoms. The van der Waals surface area contributed by atoms with Gasteiger partial charge in [-0.25, -0.2) is 9.36 Å². The molecule has 1 atom stereocenters. The van der Waals surface area contributed by atoms with Crippen LogP contribution in [-0.2, 0) is 11.2 Å². The largest absolute Gasteiger partial charge is 0.493 e. The van der Waals surface area contributed by atoms with E-state index in [1.54, 1.807) is 48.5 Å². The summed E-state index contributed by atoms with van der Waals surface area (Å²) < 4.78 is 1.12. The number of para-hydroxylation sites is 2. The fourth-order valence-corrected chi connectivity index (χ4v) is 3.83. The van der Waals surface area contributed by atoms with Gasteiger partial charge in [-0.2, -0.15) is 0 Å². The second kappa shape index (κ2) is 10.8. The molecule has 0 saturated heterocycles. The van der Waals surface area contributed by atoms with Gasteiger partial charge in [0.2, 0.25) is 5.88 Å². The number of carbonyl (C=O) groups is 2. The third-order valence-corrected chi connectivity index (χ3v) is 5.82. The summed E-state index contributed by atoms with van der Waals surface area (Å²) in [6, 6.07) is 25.5. The van der Waals surface area contributed by atoms with E-state index in [4.69, 9.17) is 0 Å². The smallest absolute Gasteiger partial charge is 0.333 e. The van der Waals surface area contributed by atoms with Gasteiger partial charge >= 0.3 is 6.03 Å². The topological polar surface area (TPSA) is 99.3 Å². The maximum Gasteiger partial charge on any atom is 0.333 e. The Morgan fingerprint density at radius 3 is 2.31 bits per heavy atom. The SMILES string of the molecule is CC(Cc1ccccc1)N(C)CC(=O)N=Nc1c(O)n(C(=O)Nc2ccccc2)c2ccccc12. The van der Waals surface area contributed by atoms with E-state index in [2.05, 4.69) is 27.7 Å². The summed E-state index contributed by atoms with van der Waals surface area (Å²) in [5, 5.41) is 22.0.